The summed E-state index contributed by atoms with van der Waals surface area (Å²) in [4.78, 5) is 27.3. The highest BCUT2D eigenvalue weighted by Gasteiger charge is 2.25. The first-order valence-corrected chi connectivity index (χ1v) is 9.71. The minimum Gasteiger partial charge on any atom is -0.353 e. The second kappa shape index (κ2) is 8.54. The summed E-state index contributed by atoms with van der Waals surface area (Å²) in [5, 5.41) is 0. The summed E-state index contributed by atoms with van der Waals surface area (Å²) < 4.78 is 13.3. The minimum absolute atomic E-state index is 0.0410. The number of carbonyl (C=O) groups excluding carboxylic acids is 1. The Morgan fingerprint density at radius 1 is 1.11 bits per heavy atom. The number of urea groups is 1. The van der Waals surface area contributed by atoms with Gasteiger partial charge in [0.25, 0.3) is 0 Å². The lowest BCUT2D eigenvalue weighted by Crippen LogP contribution is -2.52. The smallest absolute Gasteiger partial charge is 0.319 e. The van der Waals surface area contributed by atoms with Crippen molar-refractivity contribution in [1.82, 2.24) is 19.8 Å². The maximum Gasteiger partial charge on any atom is 0.319 e. The Balaban J connectivity index is 1.87. The summed E-state index contributed by atoms with van der Waals surface area (Å²) in [6, 6.07) is 6.64. The van der Waals surface area contributed by atoms with Crippen molar-refractivity contribution in [3.63, 3.8) is 0 Å². The van der Waals surface area contributed by atoms with Gasteiger partial charge in [0.1, 0.15) is 17.5 Å². The zero-order valence-corrected chi connectivity index (χ0v) is 17.1. The highest BCUT2D eigenvalue weighted by atomic mass is 19.1. The minimum atomic E-state index is -0.235. The number of amides is 2. The van der Waals surface area contributed by atoms with E-state index >= 15 is 0 Å². The van der Waals surface area contributed by atoms with E-state index in [0.717, 1.165) is 48.0 Å². The maximum atomic E-state index is 13.3. The van der Waals surface area contributed by atoms with Crippen LogP contribution in [0.15, 0.2) is 24.3 Å². The molecule has 0 bridgehead atoms. The molecule has 0 atom stereocenters. The zero-order valence-electron chi connectivity index (χ0n) is 17.1. The molecule has 1 aliphatic heterocycles. The number of rotatable bonds is 4. The van der Waals surface area contributed by atoms with Crippen molar-refractivity contribution in [2.75, 3.05) is 45.2 Å². The first-order chi connectivity index (χ1) is 13.4. The van der Waals surface area contributed by atoms with Crippen molar-refractivity contribution in [3.8, 4) is 0 Å². The van der Waals surface area contributed by atoms with E-state index in [1.165, 1.54) is 12.1 Å². The van der Waals surface area contributed by atoms with Gasteiger partial charge in [0.2, 0.25) is 0 Å². The number of anilines is 1. The first kappa shape index (κ1) is 20.0. The average molecular weight is 385 g/mol. The summed E-state index contributed by atoms with van der Waals surface area (Å²) in [6.45, 7) is 6.80. The molecule has 1 aromatic carbocycles. The normalized spacial score (nSPS) is 14.3. The Morgan fingerprint density at radius 3 is 2.32 bits per heavy atom. The van der Waals surface area contributed by atoms with Gasteiger partial charge in [-0.25, -0.2) is 19.2 Å². The van der Waals surface area contributed by atoms with Crippen LogP contribution in [0.3, 0.4) is 0 Å². The number of hydrogen-bond acceptors (Lipinski definition) is 4. The van der Waals surface area contributed by atoms with Crippen molar-refractivity contribution in [2.24, 2.45) is 0 Å². The van der Waals surface area contributed by atoms with Gasteiger partial charge in [0.05, 0.1) is 0 Å². The van der Waals surface area contributed by atoms with Crippen molar-refractivity contribution < 1.29 is 9.18 Å². The zero-order chi connectivity index (χ0) is 20.3. The number of carbonyl (C=O) groups is 1. The number of aryl methyl sites for hydroxylation is 2. The van der Waals surface area contributed by atoms with Crippen LogP contribution in [0.4, 0.5) is 15.0 Å². The molecule has 0 N–H and O–H groups in total. The standard InChI is InChI=1S/C21H28FN5O/c1-5-19-18(14-16-6-8-17(22)9-7-16)20(24-15(2)23-19)26-10-12-27(13-11-26)21(28)25(3)4/h6-9H,5,10-14H2,1-4H3. The molecule has 0 spiro atoms. The van der Waals surface area contributed by atoms with Crippen LogP contribution in [0.5, 0.6) is 0 Å². The summed E-state index contributed by atoms with van der Waals surface area (Å²) in [5.41, 5.74) is 3.15. The molecule has 0 aliphatic carbocycles. The first-order valence-electron chi connectivity index (χ1n) is 9.71. The fraction of sp³-hybridized carbons (Fsp3) is 0.476. The molecule has 1 aromatic heterocycles. The highest BCUT2D eigenvalue weighted by Crippen LogP contribution is 2.26. The Labute approximate surface area is 166 Å². The highest BCUT2D eigenvalue weighted by molar-refractivity contribution is 5.74. The number of hydrogen-bond donors (Lipinski definition) is 0. The quantitative estimate of drug-likeness (QED) is 0.812. The van der Waals surface area contributed by atoms with E-state index in [1.807, 2.05) is 24.0 Å². The Morgan fingerprint density at radius 2 is 1.75 bits per heavy atom. The lowest BCUT2D eigenvalue weighted by Gasteiger charge is -2.37. The Hall–Kier alpha value is -2.70. The molecule has 6 nitrogen and oxygen atoms in total. The largest absolute Gasteiger partial charge is 0.353 e. The van der Waals surface area contributed by atoms with Crippen LogP contribution < -0.4 is 4.90 Å². The lowest BCUT2D eigenvalue weighted by atomic mass is 10.0. The van der Waals surface area contributed by atoms with Gasteiger partial charge < -0.3 is 14.7 Å². The van der Waals surface area contributed by atoms with Crippen molar-refractivity contribution in [1.29, 1.82) is 0 Å². The third-order valence-corrected chi connectivity index (χ3v) is 5.04. The Kier molecular flexibility index (Phi) is 6.11. The van der Waals surface area contributed by atoms with Gasteiger partial charge in [-0.15, -0.1) is 0 Å². The van der Waals surface area contributed by atoms with E-state index in [1.54, 1.807) is 19.0 Å². The number of benzene rings is 1. The van der Waals surface area contributed by atoms with E-state index in [4.69, 9.17) is 4.98 Å². The van der Waals surface area contributed by atoms with E-state index < -0.39 is 0 Å². The summed E-state index contributed by atoms with van der Waals surface area (Å²) >= 11 is 0. The summed E-state index contributed by atoms with van der Waals surface area (Å²) in [6.07, 6.45) is 1.47. The monoisotopic (exact) mass is 385 g/mol. The van der Waals surface area contributed by atoms with Crippen LogP contribution in [-0.4, -0.2) is 66.1 Å². The van der Waals surface area contributed by atoms with Gasteiger partial charge in [-0.3, -0.25) is 0 Å². The van der Waals surface area contributed by atoms with Gasteiger partial charge in [0.15, 0.2) is 0 Å². The van der Waals surface area contributed by atoms with E-state index in [2.05, 4.69) is 16.8 Å². The molecule has 7 heteroatoms. The summed E-state index contributed by atoms with van der Waals surface area (Å²) in [5.74, 6) is 1.45. The van der Waals surface area contributed by atoms with Crippen LogP contribution in [0.1, 0.15) is 29.6 Å². The van der Waals surface area contributed by atoms with Gasteiger partial charge >= 0.3 is 6.03 Å². The van der Waals surface area contributed by atoms with Crippen LogP contribution in [-0.2, 0) is 12.8 Å². The van der Waals surface area contributed by atoms with E-state index in [-0.39, 0.29) is 11.8 Å². The summed E-state index contributed by atoms with van der Waals surface area (Å²) in [7, 11) is 3.55. The molecule has 2 heterocycles. The predicted octanol–water partition coefficient (Wildman–Crippen LogP) is 2.88. The van der Waals surface area contributed by atoms with E-state index in [9.17, 15) is 9.18 Å². The average Bonchev–Trinajstić information content (AvgIpc) is 2.70. The molecule has 2 amide bonds. The molecule has 1 aliphatic rings. The van der Waals surface area contributed by atoms with Crippen molar-refractivity contribution in [2.45, 2.75) is 26.7 Å². The van der Waals surface area contributed by atoms with Gasteiger partial charge in [0, 0.05) is 58.0 Å². The molecular weight excluding hydrogens is 357 g/mol. The van der Waals surface area contributed by atoms with Crippen LogP contribution in [0, 0.1) is 12.7 Å². The van der Waals surface area contributed by atoms with Crippen LogP contribution >= 0.6 is 0 Å². The SMILES string of the molecule is CCc1nc(C)nc(N2CCN(C(=O)N(C)C)CC2)c1Cc1ccc(F)cc1. The Bertz CT molecular complexity index is 829. The maximum absolute atomic E-state index is 13.3. The molecule has 28 heavy (non-hydrogen) atoms. The molecule has 0 saturated carbocycles. The molecule has 2 aromatic rings. The van der Waals surface area contributed by atoms with Gasteiger partial charge in [-0.05, 0) is 31.0 Å². The molecule has 1 saturated heterocycles. The van der Waals surface area contributed by atoms with Crippen LogP contribution in [0.25, 0.3) is 0 Å². The molecule has 1 fully saturated rings. The third-order valence-electron chi connectivity index (χ3n) is 5.04. The van der Waals surface area contributed by atoms with Crippen molar-refractivity contribution in [3.05, 3.63) is 52.7 Å². The molecule has 0 unspecified atom stereocenters. The van der Waals surface area contributed by atoms with Gasteiger partial charge in [-0.2, -0.15) is 0 Å². The number of nitrogens with zero attached hydrogens (tertiary/aromatic N) is 5. The van der Waals surface area contributed by atoms with Crippen molar-refractivity contribution >= 4 is 11.8 Å². The molecular formula is C21H28FN5O. The molecule has 0 radical (unpaired) electrons. The fourth-order valence-electron chi connectivity index (χ4n) is 3.57. The second-order valence-corrected chi connectivity index (χ2v) is 7.33. The predicted molar refractivity (Wildman–Crippen MR) is 108 cm³/mol. The number of halogens is 1. The fourth-order valence-corrected chi connectivity index (χ4v) is 3.57. The third kappa shape index (κ3) is 4.40. The molecule has 150 valence electrons. The lowest BCUT2D eigenvalue weighted by molar-refractivity contribution is 0.168. The topological polar surface area (TPSA) is 52.6 Å². The van der Waals surface area contributed by atoms with E-state index in [0.29, 0.717) is 19.5 Å². The number of aromatic nitrogens is 2. The second-order valence-electron chi connectivity index (χ2n) is 7.33. The molecule has 3 rings (SSSR count). The number of piperazine rings is 1. The van der Waals surface area contributed by atoms with Gasteiger partial charge in [-0.1, -0.05) is 19.1 Å². The van der Waals surface area contributed by atoms with Crippen LogP contribution in [0.2, 0.25) is 0 Å².